The molecule has 1 saturated heterocycles. The van der Waals surface area contributed by atoms with E-state index in [2.05, 4.69) is 4.74 Å². The second-order valence-electron chi connectivity index (χ2n) is 6.30. The summed E-state index contributed by atoms with van der Waals surface area (Å²) in [6.45, 7) is 6.67. The molecule has 0 radical (unpaired) electrons. The normalized spacial score (nSPS) is 15.8. The summed E-state index contributed by atoms with van der Waals surface area (Å²) in [5.41, 5.74) is -0.280. The molecule has 1 fully saturated rings. The molecule has 0 atom stereocenters. The first-order valence-corrected chi connectivity index (χ1v) is 7.64. The number of hydrogen-bond acceptors (Lipinski definition) is 6. The fourth-order valence-corrected chi connectivity index (χ4v) is 1.93. The van der Waals surface area contributed by atoms with Gasteiger partial charge in [0.15, 0.2) is 0 Å². The predicted molar refractivity (Wildman–Crippen MR) is 86.3 cm³/mol. The number of carbonyl (C=O) groups is 1. The van der Waals surface area contributed by atoms with Gasteiger partial charge in [-0.2, -0.15) is 0 Å². The van der Waals surface area contributed by atoms with Gasteiger partial charge in [-0.05, 0) is 45.7 Å². The van der Waals surface area contributed by atoms with Gasteiger partial charge in [0, 0.05) is 25.2 Å². The SMILES string of the molecule is CC(C)(C)OC=O.O=[N+]([O-])c1ccc(OC2CCN(F)CC2)cc1. The van der Waals surface area contributed by atoms with Crippen molar-refractivity contribution >= 4 is 12.2 Å². The maximum Gasteiger partial charge on any atom is 0.293 e. The van der Waals surface area contributed by atoms with E-state index in [1.54, 1.807) is 12.1 Å². The third kappa shape index (κ3) is 7.87. The zero-order valence-electron chi connectivity index (χ0n) is 14.1. The zero-order chi connectivity index (χ0) is 18.2. The number of nitro groups is 1. The minimum absolute atomic E-state index is 0.0107. The van der Waals surface area contributed by atoms with Crippen molar-refractivity contribution in [2.24, 2.45) is 0 Å². The van der Waals surface area contributed by atoms with E-state index in [-0.39, 0.29) is 17.4 Å². The van der Waals surface area contributed by atoms with Crippen LogP contribution >= 0.6 is 0 Å². The van der Waals surface area contributed by atoms with Gasteiger partial charge in [0.2, 0.25) is 0 Å². The Morgan fingerprint density at radius 2 is 1.79 bits per heavy atom. The first-order valence-electron chi connectivity index (χ1n) is 7.64. The van der Waals surface area contributed by atoms with E-state index >= 15 is 0 Å². The van der Waals surface area contributed by atoms with Gasteiger partial charge in [-0.25, -0.2) is 0 Å². The average Bonchev–Trinajstić information content (AvgIpc) is 2.49. The van der Waals surface area contributed by atoms with Crippen LogP contribution in [0.3, 0.4) is 0 Å². The number of piperidine rings is 1. The Morgan fingerprint density at radius 1 is 1.25 bits per heavy atom. The van der Waals surface area contributed by atoms with Gasteiger partial charge < -0.3 is 9.47 Å². The molecule has 1 aromatic carbocycles. The summed E-state index contributed by atoms with van der Waals surface area (Å²) in [6.07, 6.45) is 1.25. The highest BCUT2D eigenvalue weighted by molar-refractivity contribution is 5.38. The average molecular weight is 342 g/mol. The minimum atomic E-state index is -0.453. The molecule has 2 rings (SSSR count). The van der Waals surface area contributed by atoms with Crippen molar-refractivity contribution in [1.82, 2.24) is 5.12 Å². The fourth-order valence-electron chi connectivity index (χ4n) is 1.93. The van der Waals surface area contributed by atoms with Crippen molar-refractivity contribution < 1.29 is 23.7 Å². The topological polar surface area (TPSA) is 81.9 Å². The molecule has 1 aliphatic heterocycles. The molecule has 7 nitrogen and oxygen atoms in total. The summed E-state index contributed by atoms with van der Waals surface area (Å²) in [7, 11) is 0. The summed E-state index contributed by atoms with van der Waals surface area (Å²) in [4.78, 5) is 19.6. The Morgan fingerprint density at radius 3 is 2.17 bits per heavy atom. The molecule has 134 valence electrons. The van der Waals surface area contributed by atoms with Crippen molar-refractivity contribution in [3.8, 4) is 5.75 Å². The number of halogens is 1. The van der Waals surface area contributed by atoms with Gasteiger partial charge in [-0.1, -0.05) is 0 Å². The highest BCUT2D eigenvalue weighted by atomic mass is 19.2. The van der Waals surface area contributed by atoms with Crippen molar-refractivity contribution in [3.63, 3.8) is 0 Å². The van der Waals surface area contributed by atoms with Crippen LogP contribution in [0.5, 0.6) is 5.75 Å². The van der Waals surface area contributed by atoms with Gasteiger partial charge in [-0.3, -0.25) is 14.9 Å². The Labute approximate surface area is 140 Å². The molecule has 1 heterocycles. The van der Waals surface area contributed by atoms with Crippen molar-refractivity contribution in [3.05, 3.63) is 34.4 Å². The van der Waals surface area contributed by atoms with E-state index in [1.165, 1.54) is 12.1 Å². The van der Waals surface area contributed by atoms with Crippen molar-refractivity contribution in [2.75, 3.05) is 13.1 Å². The first kappa shape index (κ1) is 19.8. The van der Waals surface area contributed by atoms with Crippen molar-refractivity contribution in [2.45, 2.75) is 45.3 Å². The number of rotatable bonds is 4. The molecule has 8 heteroatoms. The number of non-ortho nitro benzene ring substituents is 1. The maximum atomic E-state index is 12.7. The molecule has 1 aliphatic rings. The van der Waals surface area contributed by atoms with E-state index in [1.807, 2.05) is 20.8 Å². The summed E-state index contributed by atoms with van der Waals surface area (Å²) in [5, 5.41) is 11.2. The Hall–Kier alpha value is -2.22. The van der Waals surface area contributed by atoms with E-state index in [9.17, 15) is 19.4 Å². The first-order chi connectivity index (χ1) is 11.2. The highest BCUT2D eigenvalue weighted by Crippen LogP contribution is 2.21. The summed E-state index contributed by atoms with van der Waals surface area (Å²) in [5.74, 6) is 0.591. The fraction of sp³-hybridized carbons (Fsp3) is 0.562. The molecule has 0 spiro atoms. The molecule has 0 aliphatic carbocycles. The zero-order valence-corrected chi connectivity index (χ0v) is 14.1. The van der Waals surface area contributed by atoms with E-state index in [0.717, 1.165) is 5.12 Å². The summed E-state index contributed by atoms with van der Waals surface area (Å²) < 4.78 is 22.9. The third-order valence-corrected chi connectivity index (χ3v) is 3.14. The van der Waals surface area contributed by atoms with Crippen LogP contribution in [0.1, 0.15) is 33.6 Å². The molecular weight excluding hydrogens is 319 g/mol. The van der Waals surface area contributed by atoms with Crippen LogP contribution in [-0.2, 0) is 9.53 Å². The molecule has 0 aromatic heterocycles. The van der Waals surface area contributed by atoms with Crippen LogP contribution in [0.15, 0.2) is 24.3 Å². The lowest BCUT2D eigenvalue weighted by atomic mass is 10.1. The molecule has 0 N–H and O–H groups in total. The van der Waals surface area contributed by atoms with E-state index < -0.39 is 4.92 Å². The van der Waals surface area contributed by atoms with Crippen molar-refractivity contribution in [1.29, 1.82) is 0 Å². The van der Waals surface area contributed by atoms with Gasteiger partial charge >= 0.3 is 0 Å². The quantitative estimate of drug-likeness (QED) is 0.361. The van der Waals surface area contributed by atoms with E-state index in [4.69, 9.17) is 4.74 Å². The number of benzene rings is 1. The Bertz CT molecular complexity index is 522. The monoisotopic (exact) mass is 342 g/mol. The van der Waals surface area contributed by atoms with Gasteiger partial charge in [-0.15, -0.1) is 9.60 Å². The standard InChI is InChI=1S/C11H13FN2O3.C5H10O2/c12-13-7-5-11(6-8-13)17-10-3-1-9(2-4-10)14(15)16;1-5(2,3)7-4-6/h1-4,11H,5-8H2;4H,1-3H3. The predicted octanol–water partition coefficient (Wildman–Crippen LogP) is 3.28. The third-order valence-electron chi connectivity index (χ3n) is 3.14. The second-order valence-corrected chi connectivity index (χ2v) is 6.30. The largest absolute Gasteiger partial charge is 0.490 e. The minimum Gasteiger partial charge on any atom is -0.490 e. The smallest absolute Gasteiger partial charge is 0.293 e. The van der Waals surface area contributed by atoms with Crippen LogP contribution in [0.2, 0.25) is 0 Å². The number of hydrogen-bond donors (Lipinski definition) is 0. The summed E-state index contributed by atoms with van der Waals surface area (Å²) in [6, 6.07) is 5.94. The van der Waals surface area contributed by atoms with Gasteiger partial charge in [0.05, 0.1) is 4.92 Å². The second kappa shape index (κ2) is 9.17. The highest BCUT2D eigenvalue weighted by Gasteiger charge is 2.20. The number of carbonyl (C=O) groups excluding carboxylic acids is 1. The molecule has 0 unspecified atom stereocenters. The Balaban J connectivity index is 0.000000351. The number of ether oxygens (including phenoxy) is 2. The van der Waals surface area contributed by atoms with Crippen LogP contribution in [0, 0.1) is 10.1 Å². The molecule has 1 aromatic rings. The van der Waals surface area contributed by atoms with Crippen LogP contribution in [-0.4, -0.2) is 41.3 Å². The molecular formula is C16H23FN2O5. The summed E-state index contributed by atoms with van der Waals surface area (Å²) >= 11 is 0. The lowest BCUT2D eigenvalue weighted by molar-refractivity contribution is -0.384. The molecule has 0 bridgehead atoms. The number of nitrogens with zero attached hydrogens (tertiary/aromatic N) is 2. The lowest BCUT2D eigenvalue weighted by Crippen LogP contribution is -2.33. The van der Waals surface area contributed by atoms with Gasteiger partial charge in [0.25, 0.3) is 12.2 Å². The lowest BCUT2D eigenvalue weighted by Gasteiger charge is -2.26. The van der Waals surface area contributed by atoms with Crippen LogP contribution < -0.4 is 4.74 Å². The van der Waals surface area contributed by atoms with Crippen LogP contribution in [0.25, 0.3) is 0 Å². The maximum absolute atomic E-state index is 12.7. The number of nitro benzene ring substituents is 1. The van der Waals surface area contributed by atoms with Gasteiger partial charge in [0.1, 0.15) is 17.5 Å². The Kier molecular flexibility index (Phi) is 7.57. The molecule has 24 heavy (non-hydrogen) atoms. The van der Waals surface area contributed by atoms with Crippen LogP contribution in [0.4, 0.5) is 10.2 Å². The molecule has 0 amide bonds. The molecule has 0 saturated carbocycles. The van der Waals surface area contributed by atoms with E-state index in [0.29, 0.717) is 38.2 Å².